The number of hydrogen-bond donors (Lipinski definition) is 0. The fraction of sp³-hybridized carbons (Fsp3) is 0.346. The normalized spacial score (nSPS) is 10.8. The first kappa shape index (κ1) is 20.1. The van der Waals surface area contributed by atoms with Gasteiger partial charge in [0.1, 0.15) is 5.75 Å². The van der Waals surface area contributed by atoms with E-state index in [1.807, 2.05) is 25.3 Å². The molecule has 146 valence electrons. The highest BCUT2D eigenvalue weighted by Gasteiger charge is 2.02. The van der Waals surface area contributed by atoms with E-state index in [-0.39, 0.29) is 0 Å². The molecule has 2 aromatic carbocycles. The number of pyridine rings is 1. The summed E-state index contributed by atoms with van der Waals surface area (Å²) in [6, 6.07) is 21.6. The second kappa shape index (κ2) is 10.7. The number of benzene rings is 2. The zero-order valence-electron chi connectivity index (χ0n) is 17.2. The Balaban J connectivity index is 1.54. The first-order valence-corrected chi connectivity index (χ1v) is 10.5. The lowest BCUT2D eigenvalue weighted by atomic mass is 10.0. The second-order valence-electron chi connectivity index (χ2n) is 7.28. The maximum atomic E-state index is 5.50. The summed E-state index contributed by atoms with van der Waals surface area (Å²) in [5.41, 5.74) is 6.26. The maximum absolute atomic E-state index is 5.50. The van der Waals surface area contributed by atoms with E-state index in [2.05, 4.69) is 60.4 Å². The van der Waals surface area contributed by atoms with Crippen LogP contribution < -0.4 is 4.74 Å². The smallest absolute Gasteiger partial charge is 0.119 e. The summed E-state index contributed by atoms with van der Waals surface area (Å²) in [6.07, 6.45) is 9.05. The molecule has 0 aliphatic carbocycles. The fourth-order valence-electron chi connectivity index (χ4n) is 3.37. The van der Waals surface area contributed by atoms with Gasteiger partial charge in [0, 0.05) is 11.8 Å². The Morgan fingerprint density at radius 1 is 0.679 bits per heavy atom. The SMILES string of the molecule is CCCCCc1ccc(-c2ccc(CCc3ccc(OCC)cc3)cn2)cc1. The molecule has 0 aliphatic rings. The zero-order valence-corrected chi connectivity index (χ0v) is 17.2. The van der Waals surface area contributed by atoms with E-state index in [0.717, 1.165) is 24.3 Å². The summed E-state index contributed by atoms with van der Waals surface area (Å²) in [4.78, 5) is 4.68. The van der Waals surface area contributed by atoms with Crippen molar-refractivity contribution < 1.29 is 4.74 Å². The van der Waals surface area contributed by atoms with Gasteiger partial charge in [-0.2, -0.15) is 0 Å². The van der Waals surface area contributed by atoms with Gasteiger partial charge in [0.15, 0.2) is 0 Å². The molecule has 0 saturated heterocycles. The number of aryl methyl sites for hydroxylation is 3. The van der Waals surface area contributed by atoms with Gasteiger partial charge in [0.05, 0.1) is 12.3 Å². The minimum Gasteiger partial charge on any atom is -0.494 e. The Hall–Kier alpha value is -2.61. The van der Waals surface area contributed by atoms with Gasteiger partial charge < -0.3 is 4.74 Å². The highest BCUT2D eigenvalue weighted by molar-refractivity contribution is 5.59. The first-order valence-electron chi connectivity index (χ1n) is 10.5. The van der Waals surface area contributed by atoms with E-state index in [9.17, 15) is 0 Å². The van der Waals surface area contributed by atoms with Gasteiger partial charge in [-0.3, -0.25) is 4.98 Å². The van der Waals surface area contributed by atoms with Gasteiger partial charge in [0.25, 0.3) is 0 Å². The predicted octanol–water partition coefficient (Wildman–Crippen LogP) is 6.67. The Morgan fingerprint density at radius 3 is 1.96 bits per heavy atom. The van der Waals surface area contributed by atoms with Crippen molar-refractivity contribution >= 4 is 0 Å². The third-order valence-corrected chi connectivity index (χ3v) is 5.08. The van der Waals surface area contributed by atoms with Gasteiger partial charge in [-0.05, 0) is 67.5 Å². The summed E-state index contributed by atoms with van der Waals surface area (Å²) in [7, 11) is 0. The lowest BCUT2D eigenvalue weighted by Gasteiger charge is -2.07. The summed E-state index contributed by atoms with van der Waals surface area (Å²) in [5, 5.41) is 0. The average Bonchev–Trinajstić information content (AvgIpc) is 2.75. The van der Waals surface area contributed by atoms with E-state index < -0.39 is 0 Å². The molecule has 0 bridgehead atoms. The highest BCUT2D eigenvalue weighted by atomic mass is 16.5. The zero-order chi connectivity index (χ0) is 19.6. The maximum Gasteiger partial charge on any atom is 0.119 e. The van der Waals surface area contributed by atoms with Crippen LogP contribution in [0, 0.1) is 0 Å². The molecular formula is C26H31NO. The Labute approximate surface area is 169 Å². The molecule has 0 saturated carbocycles. The van der Waals surface area contributed by atoms with Crippen LogP contribution in [-0.4, -0.2) is 11.6 Å². The molecule has 2 heteroatoms. The van der Waals surface area contributed by atoms with Crippen LogP contribution in [0.25, 0.3) is 11.3 Å². The molecule has 1 aromatic heterocycles. The number of hydrogen-bond acceptors (Lipinski definition) is 2. The van der Waals surface area contributed by atoms with Crippen LogP contribution in [0.5, 0.6) is 5.75 Å². The number of nitrogens with zero attached hydrogens (tertiary/aromatic N) is 1. The molecule has 0 amide bonds. The quantitative estimate of drug-likeness (QED) is 0.370. The molecule has 3 rings (SSSR count). The standard InChI is InChI=1S/C26H31NO/c1-3-5-6-7-21-10-15-24(16-11-21)26-19-14-23(20-27-26)9-8-22-12-17-25(18-13-22)28-4-2/h10-20H,3-9H2,1-2H3. The van der Waals surface area contributed by atoms with E-state index in [1.165, 1.54) is 47.9 Å². The van der Waals surface area contributed by atoms with Crippen LogP contribution in [0.2, 0.25) is 0 Å². The van der Waals surface area contributed by atoms with Crippen LogP contribution in [0.3, 0.4) is 0 Å². The Kier molecular flexibility index (Phi) is 7.66. The average molecular weight is 374 g/mol. The van der Waals surface area contributed by atoms with Gasteiger partial charge in [0.2, 0.25) is 0 Å². The highest BCUT2D eigenvalue weighted by Crippen LogP contribution is 2.20. The fourth-order valence-corrected chi connectivity index (χ4v) is 3.37. The number of unbranched alkanes of at least 4 members (excludes halogenated alkanes) is 2. The van der Waals surface area contributed by atoms with Crippen LogP contribution in [0.1, 0.15) is 49.8 Å². The van der Waals surface area contributed by atoms with Crippen LogP contribution in [0.15, 0.2) is 66.9 Å². The molecule has 0 aliphatic heterocycles. The van der Waals surface area contributed by atoms with Crippen molar-refractivity contribution in [2.24, 2.45) is 0 Å². The van der Waals surface area contributed by atoms with Crippen molar-refractivity contribution in [2.45, 2.75) is 52.4 Å². The first-order chi connectivity index (χ1) is 13.8. The molecule has 0 atom stereocenters. The van der Waals surface area contributed by atoms with Crippen molar-refractivity contribution in [3.63, 3.8) is 0 Å². The topological polar surface area (TPSA) is 22.1 Å². The summed E-state index contributed by atoms with van der Waals surface area (Å²) < 4.78 is 5.50. The molecule has 0 N–H and O–H groups in total. The second-order valence-corrected chi connectivity index (χ2v) is 7.28. The number of ether oxygens (including phenoxy) is 1. The molecule has 0 radical (unpaired) electrons. The minimum atomic E-state index is 0.707. The van der Waals surface area contributed by atoms with Crippen molar-refractivity contribution in [3.8, 4) is 17.0 Å². The summed E-state index contributed by atoms with van der Waals surface area (Å²) in [5.74, 6) is 0.939. The molecule has 28 heavy (non-hydrogen) atoms. The van der Waals surface area contributed by atoms with Gasteiger partial charge in [-0.1, -0.05) is 62.2 Å². The Bertz CT molecular complexity index is 820. The van der Waals surface area contributed by atoms with Gasteiger partial charge >= 0.3 is 0 Å². The largest absolute Gasteiger partial charge is 0.494 e. The molecule has 3 aromatic rings. The third kappa shape index (κ3) is 5.95. The lowest BCUT2D eigenvalue weighted by molar-refractivity contribution is 0.340. The van der Waals surface area contributed by atoms with Crippen molar-refractivity contribution in [1.82, 2.24) is 4.98 Å². The summed E-state index contributed by atoms with van der Waals surface area (Å²) >= 11 is 0. The molecule has 2 nitrogen and oxygen atoms in total. The van der Waals surface area contributed by atoms with Crippen molar-refractivity contribution in [1.29, 1.82) is 0 Å². The van der Waals surface area contributed by atoms with E-state index in [0.29, 0.717) is 6.61 Å². The predicted molar refractivity (Wildman–Crippen MR) is 118 cm³/mol. The van der Waals surface area contributed by atoms with Gasteiger partial charge in [-0.15, -0.1) is 0 Å². The van der Waals surface area contributed by atoms with Crippen molar-refractivity contribution in [3.05, 3.63) is 83.6 Å². The van der Waals surface area contributed by atoms with E-state index >= 15 is 0 Å². The lowest BCUT2D eigenvalue weighted by Crippen LogP contribution is -1.95. The summed E-state index contributed by atoms with van der Waals surface area (Å²) in [6.45, 7) is 4.96. The Morgan fingerprint density at radius 2 is 1.32 bits per heavy atom. The molecule has 0 spiro atoms. The molecule has 0 unspecified atom stereocenters. The molecule has 1 heterocycles. The van der Waals surface area contributed by atoms with Crippen LogP contribution >= 0.6 is 0 Å². The van der Waals surface area contributed by atoms with Crippen LogP contribution in [-0.2, 0) is 19.3 Å². The van der Waals surface area contributed by atoms with Crippen LogP contribution in [0.4, 0.5) is 0 Å². The van der Waals surface area contributed by atoms with E-state index in [1.54, 1.807) is 0 Å². The van der Waals surface area contributed by atoms with Crippen molar-refractivity contribution in [2.75, 3.05) is 6.61 Å². The number of aromatic nitrogens is 1. The monoisotopic (exact) mass is 373 g/mol. The minimum absolute atomic E-state index is 0.707. The molecule has 0 fully saturated rings. The third-order valence-electron chi connectivity index (χ3n) is 5.08. The van der Waals surface area contributed by atoms with E-state index in [4.69, 9.17) is 4.74 Å². The van der Waals surface area contributed by atoms with Gasteiger partial charge in [-0.25, -0.2) is 0 Å². The number of rotatable bonds is 10. The molecular weight excluding hydrogens is 342 g/mol.